The van der Waals surface area contributed by atoms with Crippen molar-refractivity contribution in [2.24, 2.45) is 0 Å². The predicted molar refractivity (Wildman–Crippen MR) is 119 cm³/mol. The minimum absolute atomic E-state index is 0.238. The van der Waals surface area contributed by atoms with Gasteiger partial charge in [-0.25, -0.2) is 4.98 Å². The largest absolute Gasteiger partial charge is 0.360 e. The van der Waals surface area contributed by atoms with E-state index in [0.717, 1.165) is 43.3 Å². The number of rotatable bonds is 6. The number of fused-ring (bicyclic) bond motifs is 1. The van der Waals surface area contributed by atoms with Gasteiger partial charge in [0.2, 0.25) is 0 Å². The van der Waals surface area contributed by atoms with E-state index in [1.165, 1.54) is 12.0 Å². The number of carbonyl (C=O) groups excluding carboxylic acids is 2. The number of aldehydes is 1. The first-order chi connectivity index (χ1) is 14.6. The van der Waals surface area contributed by atoms with Crippen molar-refractivity contribution in [1.29, 1.82) is 0 Å². The third-order valence-electron chi connectivity index (χ3n) is 6.29. The second-order valence-electron chi connectivity index (χ2n) is 8.10. The number of hydrogen-bond acceptors (Lipinski definition) is 4. The molecule has 4 rings (SSSR count). The lowest BCUT2D eigenvalue weighted by Gasteiger charge is -2.35. The summed E-state index contributed by atoms with van der Waals surface area (Å²) >= 11 is 0. The predicted octanol–water partition coefficient (Wildman–Crippen LogP) is 4.61. The highest BCUT2D eigenvalue weighted by Crippen LogP contribution is 2.33. The molecular formula is C24H28N4O2. The van der Waals surface area contributed by atoms with Gasteiger partial charge in [-0.2, -0.15) is 0 Å². The molecule has 1 fully saturated rings. The van der Waals surface area contributed by atoms with E-state index >= 15 is 0 Å². The molecule has 1 amide bonds. The van der Waals surface area contributed by atoms with Gasteiger partial charge in [0, 0.05) is 23.4 Å². The van der Waals surface area contributed by atoms with E-state index in [9.17, 15) is 9.59 Å². The van der Waals surface area contributed by atoms with Gasteiger partial charge in [-0.05, 0) is 75.0 Å². The molecular weight excluding hydrogens is 376 g/mol. The van der Waals surface area contributed by atoms with Crippen molar-refractivity contribution in [2.45, 2.75) is 45.1 Å². The van der Waals surface area contributed by atoms with E-state index in [1.54, 1.807) is 24.3 Å². The number of hydrogen-bond donors (Lipinski definition) is 2. The normalized spacial score (nSPS) is 16.5. The molecule has 6 heteroatoms. The van der Waals surface area contributed by atoms with E-state index in [0.29, 0.717) is 28.9 Å². The summed E-state index contributed by atoms with van der Waals surface area (Å²) in [6.45, 7) is 6.76. The molecule has 2 aromatic heterocycles. The highest BCUT2D eigenvalue weighted by atomic mass is 16.1. The van der Waals surface area contributed by atoms with Crippen LogP contribution in [0.2, 0.25) is 0 Å². The third kappa shape index (κ3) is 4.14. The second kappa shape index (κ2) is 8.79. The van der Waals surface area contributed by atoms with Gasteiger partial charge >= 0.3 is 0 Å². The van der Waals surface area contributed by atoms with Crippen molar-refractivity contribution in [1.82, 2.24) is 14.9 Å². The van der Waals surface area contributed by atoms with Crippen molar-refractivity contribution < 1.29 is 9.59 Å². The first kappa shape index (κ1) is 20.3. The summed E-state index contributed by atoms with van der Waals surface area (Å²) in [6.07, 6.45) is 6.26. The molecule has 1 unspecified atom stereocenters. The van der Waals surface area contributed by atoms with Gasteiger partial charge in [-0.1, -0.05) is 19.1 Å². The molecule has 0 bridgehead atoms. The van der Waals surface area contributed by atoms with Crippen LogP contribution in [0.1, 0.15) is 65.3 Å². The van der Waals surface area contributed by atoms with Crippen molar-refractivity contribution in [3.63, 3.8) is 0 Å². The number of pyridine rings is 1. The Balaban J connectivity index is 1.50. The summed E-state index contributed by atoms with van der Waals surface area (Å²) in [6, 6.07) is 11.0. The van der Waals surface area contributed by atoms with Gasteiger partial charge < -0.3 is 15.2 Å². The van der Waals surface area contributed by atoms with Gasteiger partial charge in [0.05, 0.1) is 11.0 Å². The molecule has 1 atom stereocenters. The fourth-order valence-corrected chi connectivity index (χ4v) is 4.21. The Morgan fingerprint density at radius 2 is 1.97 bits per heavy atom. The average molecular weight is 405 g/mol. The fraction of sp³-hybridized carbons (Fsp3) is 0.375. The number of nitrogens with zero attached hydrogens (tertiary/aromatic N) is 2. The summed E-state index contributed by atoms with van der Waals surface area (Å²) < 4.78 is 0. The van der Waals surface area contributed by atoms with Crippen LogP contribution in [-0.2, 0) is 0 Å². The Hall–Kier alpha value is -2.99. The molecule has 3 aromatic rings. The summed E-state index contributed by atoms with van der Waals surface area (Å²) in [4.78, 5) is 34.0. The van der Waals surface area contributed by atoms with E-state index < -0.39 is 0 Å². The van der Waals surface area contributed by atoms with E-state index in [-0.39, 0.29) is 5.91 Å². The van der Waals surface area contributed by atoms with Gasteiger partial charge in [-0.3, -0.25) is 9.59 Å². The molecule has 0 aliphatic carbocycles. The number of likely N-dealkylation sites (tertiary alicyclic amines) is 1. The lowest BCUT2D eigenvalue weighted by Crippen LogP contribution is -2.39. The molecule has 2 N–H and O–H groups in total. The van der Waals surface area contributed by atoms with Crippen LogP contribution in [0.15, 0.2) is 42.6 Å². The van der Waals surface area contributed by atoms with Crippen molar-refractivity contribution in [3.8, 4) is 0 Å². The van der Waals surface area contributed by atoms with Gasteiger partial charge in [0.1, 0.15) is 12.1 Å². The summed E-state index contributed by atoms with van der Waals surface area (Å²) in [7, 11) is 0. The number of amides is 1. The monoisotopic (exact) mass is 404 g/mol. The maximum atomic E-state index is 12.6. The number of H-pyrrole nitrogens is 1. The molecule has 156 valence electrons. The quantitative estimate of drug-likeness (QED) is 0.588. The zero-order valence-electron chi connectivity index (χ0n) is 17.5. The van der Waals surface area contributed by atoms with E-state index in [1.807, 2.05) is 12.1 Å². The molecule has 0 radical (unpaired) electrons. The lowest BCUT2D eigenvalue weighted by molar-refractivity contribution is 0.102. The Morgan fingerprint density at radius 1 is 1.23 bits per heavy atom. The fourth-order valence-electron chi connectivity index (χ4n) is 4.21. The summed E-state index contributed by atoms with van der Waals surface area (Å²) in [5.74, 6) is 0.775. The number of benzene rings is 1. The number of nitrogens with one attached hydrogen (secondary N) is 2. The van der Waals surface area contributed by atoms with Crippen LogP contribution in [0.4, 0.5) is 5.82 Å². The van der Waals surface area contributed by atoms with Crippen LogP contribution < -0.4 is 5.32 Å². The Labute approximate surface area is 176 Å². The van der Waals surface area contributed by atoms with Gasteiger partial charge in [0.25, 0.3) is 5.91 Å². The number of anilines is 1. The lowest BCUT2D eigenvalue weighted by atomic mass is 9.89. The number of aromatic nitrogens is 2. The van der Waals surface area contributed by atoms with Crippen LogP contribution in [0.3, 0.4) is 0 Å². The topological polar surface area (TPSA) is 78.1 Å². The Bertz CT molecular complexity index is 1030. The van der Waals surface area contributed by atoms with E-state index in [4.69, 9.17) is 4.98 Å². The maximum absolute atomic E-state index is 12.6. The smallest absolute Gasteiger partial charge is 0.256 e. The highest BCUT2D eigenvalue weighted by molar-refractivity contribution is 6.04. The number of carbonyl (C=O) groups is 2. The SMILES string of the molecule is CCC(C)N1CCC(c2c[nH]c3ccc(NC(=O)c4ccc(C=O)cc4)nc23)CC1. The molecule has 1 aromatic carbocycles. The molecule has 30 heavy (non-hydrogen) atoms. The maximum Gasteiger partial charge on any atom is 0.256 e. The number of piperidine rings is 1. The minimum atomic E-state index is -0.238. The molecule has 0 spiro atoms. The first-order valence-electron chi connectivity index (χ1n) is 10.7. The van der Waals surface area contributed by atoms with Crippen molar-refractivity contribution in [2.75, 3.05) is 18.4 Å². The first-order valence-corrected chi connectivity index (χ1v) is 10.7. The highest BCUT2D eigenvalue weighted by Gasteiger charge is 2.25. The van der Waals surface area contributed by atoms with Crippen LogP contribution >= 0.6 is 0 Å². The Morgan fingerprint density at radius 3 is 2.63 bits per heavy atom. The average Bonchev–Trinajstić information content (AvgIpc) is 3.22. The van der Waals surface area contributed by atoms with Crippen LogP contribution in [0.25, 0.3) is 11.0 Å². The van der Waals surface area contributed by atoms with Crippen molar-refractivity contribution >= 4 is 29.0 Å². The standard InChI is InChI=1S/C24H28N4O2/c1-3-16(2)28-12-10-18(11-13-28)20-14-25-21-8-9-22(26-23(20)21)27-24(30)19-6-4-17(15-29)5-7-19/h4-9,14-16,18,25H,3,10-13H2,1-2H3,(H,26,27,30). The molecule has 0 saturated carbocycles. The molecule has 1 saturated heterocycles. The third-order valence-corrected chi connectivity index (χ3v) is 6.29. The van der Waals surface area contributed by atoms with E-state index in [2.05, 4.69) is 35.2 Å². The summed E-state index contributed by atoms with van der Waals surface area (Å²) in [5.41, 5.74) is 4.20. The molecule has 3 heterocycles. The number of aromatic amines is 1. The van der Waals surface area contributed by atoms with Gasteiger partial charge in [0.15, 0.2) is 0 Å². The summed E-state index contributed by atoms with van der Waals surface area (Å²) in [5, 5.41) is 2.88. The second-order valence-corrected chi connectivity index (χ2v) is 8.10. The Kier molecular flexibility index (Phi) is 5.95. The zero-order valence-corrected chi connectivity index (χ0v) is 17.5. The molecule has 1 aliphatic heterocycles. The van der Waals surface area contributed by atoms with Gasteiger partial charge in [-0.15, -0.1) is 0 Å². The zero-order chi connectivity index (χ0) is 21.1. The van der Waals surface area contributed by atoms with Crippen molar-refractivity contribution in [3.05, 3.63) is 59.3 Å². The molecule has 1 aliphatic rings. The minimum Gasteiger partial charge on any atom is -0.360 e. The van der Waals surface area contributed by atoms with Crippen LogP contribution in [-0.4, -0.2) is 46.2 Å². The molecule has 6 nitrogen and oxygen atoms in total. The van der Waals surface area contributed by atoms with Crippen LogP contribution in [0.5, 0.6) is 0 Å². The van der Waals surface area contributed by atoms with Crippen LogP contribution in [0, 0.1) is 0 Å².